The van der Waals surface area contributed by atoms with Crippen molar-refractivity contribution in [1.29, 1.82) is 0 Å². The molecule has 29 heavy (non-hydrogen) atoms. The number of carbonyl (C=O) groups excluding carboxylic acids is 2. The molecule has 3 rings (SSSR count). The van der Waals surface area contributed by atoms with Crippen LogP contribution in [0.5, 0.6) is 0 Å². The van der Waals surface area contributed by atoms with Crippen LogP contribution < -0.4 is 4.80 Å². The number of fused-ring (bicyclic) bond motifs is 1. The van der Waals surface area contributed by atoms with Crippen LogP contribution in [-0.2, 0) is 20.9 Å². The van der Waals surface area contributed by atoms with E-state index in [0.29, 0.717) is 10.9 Å². The number of aromatic nitrogens is 1. The summed E-state index contributed by atoms with van der Waals surface area (Å²) in [6.45, 7) is -0.425. The van der Waals surface area contributed by atoms with Gasteiger partial charge in [0.1, 0.15) is 12.4 Å². The van der Waals surface area contributed by atoms with Gasteiger partial charge in [-0.1, -0.05) is 22.7 Å². The summed E-state index contributed by atoms with van der Waals surface area (Å²) in [4.78, 5) is 38.3. The van der Waals surface area contributed by atoms with Gasteiger partial charge in [0.05, 0.1) is 22.2 Å². The van der Waals surface area contributed by atoms with Crippen LogP contribution in [0.4, 0.5) is 13.8 Å². The minimum absolute atomic E-state index is 0.0262. The number of thiophene rings is 1. The maximum Gasteiger partial charge on any atom is 0.325 e. The van der Waals surface area contributed by atoms with Gasteiger partial charge in [0, 0.05) is 23.1 Å². The molecule has 0 unspecified atom stereocenters. The molecule has 0 spiro atoms. The molecule has 0 fully saturated rings. The van der Waals surface area contributed by atoms with E-state index in [1.54, 1.807) is 0 Å². The number of halogens is 2. The summed E-state index contributed by atoms with van der Waals surface area (Å²) in [5, 5.41) is 10.6. The molecule has 3 aromatic rings. The molecule has 2 heterocycles. The fourth-order valence-electron chi connectivity index (χ4n) is 2.37. The number of hydrogen-bond donors (Lipinski definition) is 0. The number of nitrogens with zero attached hydrogens (tertiary/aromatic N) is 3. The monoisotopic (exact) mass is 439 g/mol. The van der Waals surface area contributed by atoms with Gasteiger partial charge in [-0.3, -0.25) is 19.7 Å². The van der Waals surface area contributed by atoms with Gasteiger partial charge in [0.25, 0.3) is 5.91 Å². The van der Waals surface area contributed by atoms with Crippen molar-refractivity contribution in [2.45, 2.75) is 6.54 Å². The average molecular weight is 439 g/mol. The summed E-state index contributed by atoms with van der Waals surface area (Å²) in [5.74, 6) is -3.16. The first-order valence-corrected chi connectivity index (χ1v) is 9.48. The Hall–Kier alpha value is -3.25. The lowest BCUT2D eigenvalue weighted by atomic mass is 10.3. The highest BCUT2D eigenvalue weighted by Gasteiger charge is 2.16. The highest BCUT2D eigenvalue weighted by molar-refractivity contribution is 7.16. The van der Waals surface area contributed by atoms with E-state index in [9.17, 15) is 28.5 Å². The third-order valence-electron chi connectivity index (χ3n) is 3.60. The predicted molar refractivity (Wildman–Crippen MR) is 102 cm³/mol. The summed E-state index contributed by atoms with van der Waals surface area (Å²) in [5.41, 5.74) is -0.0776. The third-order valence-corrected chi connectivity index (χ3v) is 5.63. The Labute approximate surface area is 169 Å². The highest BCUT2D eigenvalue weighted by Crippen LogP contribution is 2.25. The van der Waals surface area contributed by atoms with Gasteiger partial charge < -0.3 is 9.30 Å². The first-order valence-electron chi connectivity index (χ1n) is 7.84. The SMILES string of the molecule is COC(=O)Cn1c(=NC(=O)C=Cc2ccc([N+](=O)[O-])s2)sc2cc(F)cc(F)c21. The minimum atomic E-state index is -0.907. The molecule has 0 aliphatic rings. The number of hydrogen-bond acceptors (Lipinski definition) is 7. The quantitative estimate of drug-likeness (QED) is 0.263. The van der Waals surface area contributed by atoms with Gasteiger partial charge in [-0.15, -0.1) is 0 Å². The van der Waals surface area contributed by atoms with Crippen LogP contribution in [0.25, 0.3) is 16.3 Å². The number of carbonyl (C=O) groups is 2. The van der Waals surface area contributed by atoms with Crippen LogP contribution in [0.2, 0.25) is 0 Å². The summed E-state index contributed by atoms with van der Waals surface area (Å²) >= 11 is 1.71. The Morgan fingerprint density at radius 2 is 2.07 bits per heavy atom. The Morgan fingerprint density at radius 1 is 1.31 bits per heavy atom. The number of thiazole rings is 1. The van der Waals surface area contributed by atoms with E-state index in [1.807, 2.05) is 0 Å². The van der Waals surface area contributed by atoms with Crippen molar-refractivity contribution in [3.05, 3.63) is 61.8 Å². The van der Waals surface area contributed by atoms with Gasteiger partial charge in [-0.2, -0.15) is 4.99 Å². The average Bonchev–Trinajstić information content (AvgIpc) is 3.25. The van der Waals surface area contributed by atoms with E-state index in [2.05, 4.69) is 9.73 Å². The molecule has 1 amide bonds. The number of ether oxygens (including phenoxy) is 1. The maximum absolute atomic E-state index is 14.2. The molecular weight excluding hydrogens is 428 g/mol. The Bertz CT molecular complexity index is 1230. The highest BCUT2D eigenvalue weighted by atomic mass is 32.1. The van der Waals surface area contributed by atoms with Crippen molar-refractivity contribution in [3.8, 4) is 0 Å². The normalized spacial score (nSPS) is 12.0. The van der Waals surface area contributed by atoms with Crippen LogP contribution >= 0.6 is 22.7 Å². The lowest BCUT2D eigenvalue weighted by Gasteiger charge is -2.04. The lowest BCUT2D eigenvalue weighted by Crippen LogP contribution is -2.22. The molecule has 0 aliphatic heterocycles. The van der Waals surface area contributed by atoms with Crippen molar-refractivity contribution in [3.63, 3.8) is 0 Å². The molecule has 12 heteroatoms. The lowest BCUT2D eigenvalue weighted by molar-refractivity contribution is -0.380. The van der Waals surface area contributed by atoms with Crippen LogP contribution in [0.3, 0.4) is 0 Å². The first kappa shape index (κ1) is 20.5. The van der Waals surface area contributed by atoms with Crippen molar-refractivity contribution in [2.75, 3.05) is 7.11 Å². The van der Waals surface area contributed by atoms with E-state index in [-0.39, 0.29) is 20.0 Å². The number of amides is 1. The Kier molecular flexibility index (Phi) is 5.94. The second-order valence-electron chi connectivity index (χ2n) is 5.50. The van der Waals surface area contributed by atoms with E-state index < -0.39 is 35.0 Å². The molecule has 150 valence electrons. The molecule has 0 atom stereocenters. The maximum atomic E-state index is 14.2. The van der Waals surface area contributed by atoms with Crippen LogP contribution in [0.1, 0.15) is 4.88 Å². The molecule has 1 aromatic carbocycles. The smallest absolute Gasteiger partial charge is 0.325 e. The van der Waals surface area contributed by atoms with Crippen molar-refractivity contribution in [1.82, 2.24) is 4.57 Å². The summed E-state index contributed by atoms with van der Waals surface area (Å²) in [6, 6.07) is 4.51. The second kappa shape index (κ2) is 8.41. The van der Waals surface area contributed by atoms with Crippen molar-refractivity contribution in [2.24, 2.45) is 4.99 Å². The van der Waals surface area contributed by atoms with E-state index in [0.717, 1.165) is 46.5 Å². The first-order chi connectivity index (χ1) is 13.8. The zero-order chi connectivity index (χ0) is 21.1. The van der Waals surface area contributed by atoms with Gasteiger partial charge >= 0.3 is 11.0 Å². The van der Waals surface area contributed by atoms with Gasteiger partial charge in [-0.25, -0.2) is 8.78 Å². The minimum Gasteiger partial charge on any atom is -0.468 e. The fraction of sp³-hybridized carbons (Fsp3) is 0.118. The molecule has 0 radical (unpaired) electrons. The molecular formula is C17H11F2N3O5S2. The topological polar surface area (TPSA) is 104 Å². The summed E-state index contributed by atoms with van der Waals surface area (Å²) in [7, 11) is 1.15. The number of nitro groups is 1. The Balaban J connectivity index is 2.01. The van der Waals surface area contributed by atoms with Crippen LogP contribution in [0.15, 0.2) is 35.3 Å². The van der Waals surface area contributed by atoms with Crippen LogP contribution in [0, 0.1) is 21.7 Å². The standard InChI is InChI=1S/C17H11F2N3O5S2/c1-27-15(24)8-21-16-11(19)6-9(18)7-12(16)29-17(21)20-13(23)4-2-10-3-5-14(28-10)22(25)26/h2-7H,8H2,1H3. The van der Waals surface area contributed by atoms with Gasteiger partial charge in [0.15, 0.2) is 10.6 Å². The van der Waals surface area contributed by atoms with Crippen molar-refractivity contribution < 1.29 is 28.0 Å². The number of benzene rings is 1. The van der Waals surface area contributed by atoms with Gasteiger partial charge in [-0.05, 0) is 18.2 Å². The fourth-order valence-corrected chi connectivity index (χ4v) is 4.17. The molecule has 0 saturated carbocycles. The molecule has 0 bridgehead atoms. The molecule has 0 N–H and O–H groups in total. The summed E-state index contributed by atoms with van der Waals surface area (Å²) < 4.78 is 33.6. The van der Waals surface area contributed by atoms with Crippen molar-refractivity contribution >= 4 is 55.8 Å². The van der Waals surface area contributed by atoms with E-state index >= 15 is 0 Å². The second-order valence-corrected chi connectivity index (χ2v) is 7.60. The number of methoxy groups -OCH3 is 1. The van der Waals surface area contributed by atoms with E-state index in [4.69, 9.17) is 0 Å². The van der Waals surface area contributed by atoms with E-state index in [1.165, 1.54) is 18.2 Å². The zero-order valence-electron chi connectivity index (χ0n) is 14.6. The molecule has 2 aromatic heterocycles. The van der Waals surface area contributed by atoms with Gasteiger partial charge in [0.2, 0.25) is 0 Å². The largest absolute Gasteiger partial charge is 0.468 e. The molecule has 0 aliphatic carbocycles. The number of rotatable bonds is 5. The van der Waals surface area contributed by atoms with Crippen LogP contribution in [-0.4, -0.2) is 28.5 Å². The zero-order valence-corrected chi connectivity index (χ0v) is 16.3. The third kappa shape index (κ3) is 4.60. The predicted octanol–water partition coefficient (Wildman–Crippen LogP) is 3.26. The molecule has 0 saturated heterocycles. The Morgan fingerprint density at radius 3 is 2.72 bits per heavy atom. The molecule has 8 nitrogen and oxygen atoms in total. The number of esters is 1. The summed E-state index contributed by atoms with van der Waals surface area (Å²) in [6.07, 6.45) is 2.43.